The Balaban J connectivity index is 1.82. The lowest BCUT2D eigenvalue weighted by Gasteiger charge is -2.15. The molecule has 0 saturated carbocycles. The molecule has 2 heterocycles. The van der Waals surface area contributed by atoms with E-state index in [2.05, 4.69) is 9.88 Å². The van der Waals surface area contributed by atoms with Crippen molar-refractivity contribution in [3.8, 4) is 5.88 Å². The molecule has 0 aromatic carbocycles. The number of halogens is 1. The van der Waals surface area contributed by atoms with E-state index in [0.717, 1.165) is 6.54 Å². The molecule has 1 aliphatic heterocycles. The molecule has 2 rings (SSSR count). The summed E-state index contributed by atoms with van der Waals surface area (Å²) < 4.78 is 5.52. The first-order valence-corrected chi connectivity index (χ1v) is 5.91. The Morgan fingerprint density at radius 2 is 2.12 bits per heavy atom. The summed E-state index contributed by atoms with van der Waals surface area (Å²) in [6, 6.07) is 3.37. The number of nitrogen functional groups attached to an aromatic ring is 1. The third-order valence-electron chi connectivity index (χ3n) is 2.70. The number of rotatable bonds is 4. The van der Waals surface area contributed by atoms with E-state index in [0.29, 0.717) is 23.3 Å². The Bertz CT molecular complexity index is 353. The van der Waals surface area contributed by atoms with Gasteiger partial charge in [0.25, 0.3) is 0 Å². The number of hydrogen-bond acceptors (Lipinski definition) is 4. The predicted octanol–water partition coefficient (Wildman–Crippen LogP) is 1.79. The minimum atomic E-state index is 0.408. The fourth-order valence-corrected chi connectivity index (χ4v) is 1.96. The Morgan fingerprint density at radius 1 is 1.38 bits per heavy atom. The van der Waals surface area contributed by atoms with Gasteiger partial charge in [0.1, 0.15) is 11.8 Å². The van der Waals surface area contributed by atoms with Gasteiger partial charge in [-0.1, -0.05) is 11.6 Å². The van der Waals surface area contributed by atoms with E-state index >= 15 is 0 Å². The maximum absolute atomic E-state index is 5.77. The van der Waals surface area contributed by atoms with E-state index in [1.165, 1.54) is 25.9 Å². The van der Waals surface area contributed by atoms with Crippen LogP contribution in [0.15, 0.2) is 12.1 Å². The minimum absolute atomic E-state index is 0.408. The van der Waals surface area contributed by atoms with E-state index in [-0.39, 0.29) is 0 Å². The average molecular weight is 242 g/mol. The molecule has 0 amide bonds. The summed E-state index contributed by atoms with van der Waals surface area (Å²) in [5.41, 5.74) is 6.26. The van der Waals surface area contributed by atoms with Crippen molar-refractivity contribution in [1.29, 1.82) is 0 Å². The van der Waals surface area contributed by atoms with Crippen LogP contribution in [0.1, 0.15) is 12.8 Å². The lowest BCUT2D eigenvalue weighted by molar-refractivity contribution is 0.233. The van der Waals surface area contributed by atoms with Crippen LogP contribution in [0.2, 0.25) is 5.15 Å². The van der Waals surface area contributed by atoms with Gasteiger partial charge in [-0.2, -0.15) is 4.98 Å². The minimum Gasteiger partial charge on any atom is -0.475 e. The summed E-state index contributed by atoms with van der Waals surface area (Å²) in [6.07, 6.45) is 2.58. The topological polar surface area (TPSA) is 51.4 Å². The summed E-state index contributed by atoms with van der Waals surface area (Å²) in [6.45, 7) is 3.87. The molecule has 1 fully saturated rings. The smallest absolute Gasteiger partial charge is 0.238 e. The van der Waals surface area contributed by atoms with Gasteiger partial charge in [-0.15, -0.1) is 0 Å². The zero-order valence-corrected chi connectivity index (χ0v) is 9.91. The van der Waals surface area contributed by atoms with Crippen LogP contribution in [-0.2, 0) is 0 Å². The first kappa shape index (κ1) is 11.5. The van der Waals surface area contributed by atoms with E-state index in [1.807, 2.05) is 0 Å². The highest BCUT2D eigenvalue weighted by Gasteiger charge is 2.11. The van der Waals surface area contributed by atoms with Gasteiger partial charge < -0.3 is 10.5 Å². The molecule has 1 saturated heterocycles. The van der Waals surface area contributed by atoms with E-state index < -0.39 is 0 Å². The molecule has 0 atom stereocenters. The van der Waals surface area contributed by atoms with Crippen LogP contribution in [0.5, 0.6) is 5.88 Å². The molecule has 0 spiro atoms. The summed E-state index contributed by atoms with van der Waals surface area (Å²) in [7, 11) is 0. The molecule has 2 N–H and O–H groups in total. The zero-order valence-electron chi connectivity index (χ0n) is 9.16. The predicted molar refractivity (Wildman–Crippen MR) is 64.8 cm³/mol. The standard InChI is InChI=1S/C11H16ClN3O/c12-10-4-3-9(13)11(14-10)16-8-7-15-5-1-2-6-15/h3-4H,1-2,5-8,13H2. The molecule has 1 aromatic rings. The van der Waals surface area contributed by atoms with Crippen LogP contribution in [0.4, 0.5) is 5.69 Å². The van der Waals surface area contributed by atoms with Crippen LogP contribution in [-0.4, -0.2) is 36.1 Å². The second-order valence-electron chi connectivity index (χ2n) is 3.93. The molecular weight excluding hydrogens is 226 g/mol. The van der Waals surface area contributed by atoms with E-state index in [1.54, 1.807) is 12.1 Å². The SMILES string of the molecule is Nc1ccc(Cl)nc1OCCN1CCCC1. The van der Waals surface area contributed by atoms with Crippen molar-refractivity contribution >= 4 is 17.3 Å². The highest BCUT2D eigenvalue weighted by atomic mass is 35.5. The Morgan fingerprint density at radius 3 is 2.88 bits per heavy atom. The van der Waals surface area contributed by atoms with Crippen LogP contribution in [0.3, 0.4) is 0 Å². The molecule has 0 aliphatic carbocycles. The van der Waals surface area contributed by atoms with Gasteiger partial charge in [-0.05, 0) is 38.1 Å². The third-order valence-corrected chi connectivity index (χ3v) is 2.91. The number of anilines is 1. The Labute approximate surface area is 100 Å². The molecule has 1 aromatic heterocycles. The number of pyridine rings is 1. The maximum atomic E-state index is 5.77. The molecule has 16 heavy (non-hydrogen) atoms. The van der Waals surface area contributed by atoms with Crippen molar-refractivity contribution in [1.82, 2.24) is 9.88 Å². The highest BCUT2D eigenvalue weighted by molar-refractivity contribution is 6.29. The van der Waals surface area contributed by atoms with Gasteiger partial charge in [0, 0.05) is 6.54 Å². The van der Waals surface area contributed by atoms with Crippen molar-refractivity contribution in [3.05, 3.63) is 17.3 Å². The van der Waals surface area contributed by atoms with Crippen molar-refractivity contribution in [3.63, 3.8) is 0 Å². The molecule has 5 heteroatoms. The summed E-state index contributed by atoms with van der Waals surface area (Å²) in [5.74, 6) is 0.437. The highest BCUT2D eigenvalue weighted by Crippen LogP contribution is 2.20. The fraction of sp³-hybridized carbons (Fsp3) is 0.545. The van der Waals surface area contributed by atoms with Gasteiger partial charge in [0.15, 0.2) is 0 Å². The van der Waals surface area contributed by atoms with Crippen molar-refractivity contribution in [2.75, 3.05) is 32.0 Å². The Hall–Kier alpha value is -1.00. The van der Waals surface area contributed by atoms with Crippen LogP contribution >= 0.6 is 11.6 Å². The fourth-order valence-electron chi connectivity index (χ4n) is 1.82. The number of ether oxygens (including phenoxy) is 1. The number of nitrogens with two attached hydrogens (primary N) is 1. The quantitative estimate of drug-likeness (QED) is 0.817. The van der Waals surface area contributed by atoms with Gasteiger partial charge in [0.2, 0.25) is 5.88 Å². The molecular formula is C11H16ClN3O. The summed E-state index contributed by atoms with van der Waals surface area (Å²) in [4.78, 5) is 6.41. The largest absolute Gasteiger partial charge is 0.475 e. The lowest BCUT2D eigenvalue weighted by atomic mass is 10.4. The second kappa shape index (κ2) is 5.37. The monoisotopic (exact) mass is 241 g/mol. The maximum Gasteiger partial charge on any atom is 0.238 e. The van der Waals surface area contributed by atoms with Gasteiger partial charge in [0.05, 0.1) is 5.69 Å². The van der Waals surface area contributed by atoms with Gasteiger partial charge >= 0.3 is 0 Å². The lowest BCUT2D eigenvalue weighted by Crippen LogP contribution is -2.25. The summed E-state index contributed by atoms with van der Waals surface area (Å²) >= 11 is 5.77. The zero-order chi connectivity index (χ0) is 11.4. The van der Waals surface area contributed by atoms with E-state index in [9.17, 15) is 0 Å². The van der Waals surface area contributed by atoms with Crippen molar-refractivity contribution < 1.29 is 4.74 Å². The number of hydrogen-bond donors (Lipinski definition) is 1. The normalized spacial score (nSPS) is 16.6. The first-order valence-electron chi connectivity index (χ1n) is 5.53. The van der Waals surface area contributed by atoms with Crippen LogP contribution in [0.25, 0.3) is 0 Å². The molecule has 4 nitrogen and oxygen atoms in total. The molecule has 0 bridgehead atoms. The van der Waals surface area contributed by atoms with E-state index in [4.69, 9.17) is 22.1 Å². The Kier molecular flexibility index (Phi) is 3.85. The second-order valence-corrected chi connectivity index (χ2v) is 4.31. The number of nitrogens with zero attached hydrogens (tertiary/aromatic N) is 2. The molecule has 0 radical (unpaired) electrons. The van der Waals surface area contributed by atoms with Crippen LogP contribution in [0, 0.1) is 0 Å². The first-order chi connectivity index (χ1) is 7.75. The van der Waals surface area contributed by atoms with Gasteiger partial charge in [-0.3, -0.25) is 4.90 Å². The average Bonchev–Trinajstić information content (AvgIpc) is 2.76. The van der Waals surface area contributed by atoms with Crippen molar-refractivity contribution in [2.45, 2.75) is 12.8 Å². The number of likely N-dealkylation sites (tertiary alicyclic amines) is 1. The van der Waals surface area contributed by atoms with Crippen molar-refractivity contribution in [2.24, 2.45) is 0 Å². The van der Waals surface area contributed by atoms with Gasteiger partial charge in [-0.25, -0.2) is 0 Å². The summed E-state index contributed by atoms with van der Waals surface area (Å²) in [5, 5.41) is 0.408. The molecule has 0 unspecified atom stereocenters. The van der Waals surface area contributed by atoms with Crippen LogP contribution < -0.4 is 10.5 Å². The third kappa shape index (κ3) is 3.00. The molecule has 1 aliphatic rings. The number of aromatic nitrogens is 1. The molecule has 88 valence electrons.